The first-order valence-corrected chi connectivity index (χ1v) is 19.0. The molecule has 2 aliphatic rings. The molecule has 0 unspecified atom stereocenters. The number of pyridine rings is 2. The van der Waals surface area contributed by atoms with Gasteiger partial charge in [0.2, 0.25) is 0 Å². The summed E-state index contributed by atoms with van der Waals surface area (Å²) in [5, 5.41) is 40.6. The van der Waals surface area contributed by atoms with Gasteiger partial charge in [-0.1, -0.05) is 78.9 Å². The fraction of sp³-hybridized carbons (Fsp3) is 0.136. The van der Waals surface area contributed by atoms with Crippen molar-refractivity contribution in [2.75, 3.05) is 23.7 Å². The van der Waals surface area contributed by atoms with Crippen molar-refractivity contribution in [3.8, 4) is 40.4 Å². The van der Waals surface area contributed by atoms with Gasteiger partial charge in [0.1, 0.15) is 17.9 Å². The second kappa shape index (κ2) is 19.4. The van der Waals surface area contributed by atoms with Crippen LogP contribution in [0.25, 0.3) is 22.5 Å². The Bertz CT molecular complexity index is 2710. The van der Waals surface area contributed by atoms with Crippen molar-refractivity contribution in [3.05, 3.63) is 161 Å². The number of fused-ring (bicyclic) bond motifs is 2. The maximum atomic E-state index is 14.1. The summed E-state index contributed by atoms with van der Waals surface area (Å²) in [5.41, 5.74) is 7.67. The number of aromatic nitrogens is 6. The molecule has 61 heavy (non-hydrogen) atoms. The minimum absolute atomic E-state index is 0.0622. The lowest BCUT2D eigenvalue weighted by Crippen LogP contribution is -2.39. The van der Waals surface area contributed by atoms with Gasteiger partial charge >= 0.3 is 12.1 Å². The number of ether oxygens (including phenoxy) is 1. The van der Waals surface area contributed by atoms with Gasteiger partial charge in [0, 0.05) is 78.5 Å². The van der Waals surface area contributed by atoms with E-state index in [0.717, 1.165) is 47.7 Å². The highest BCUT2D eigenvalue weighted by molar-refractivity contribution is 5.90. The average molecular weight is 819 g/mol. The van der Waals surface area contributed by atoms with Crippen molar-refractivity contribution in [1.82, 2.24) is 40.6 Å². The molecule has 0 saturated carbocycles. The van der Waals surface area contributed by atoms with Crippen molar-refractivity contribution in [2.24, 2.45) is 0 Å². The van der Waals surface area contributed by atoms with Gasteiger partial charge in [0.25, 0.3) is 0 Å². The number of anilines is 2. The van der Waals surface area contributed by atoms with Crippen molar-refractivity contribution in [3.63, 3.8) is 0 Å². The Kier molecular flexibility index (Phi) is 13.0. The molecule has 0 saturated heterocycles. The monoisotopic (exact) mass is 818 g/mol. The summed E-state index contributed by atoms with van der Waals surface area (Å²) in [6.45, 7) is 2.81. The Morgan fingerprint density at radius 2 is 1.21 bits per heavy atom. The maximum absolute atomic E-state index is 14.1. The van der Waals surface area contributed by atoms with Gasteiger partial charge in [-0.25, -0.2) is 28.3 Å². The van der Waals surface area contributed by atoms with Crippen LogP contribution in [0.15, 0.2) is 116 Å². The molecular weight excluding hydrogens is 783 g/mol. The van der Waals surface area contributed by atoms with E-state index in [1.165, 1.54) is 41.3 Å². The number of H-pyrrole nitrogens is 2. The normalized spacial score (nSPS) is 12.4. The standard InChI is InChI=1S/C19H15FN6O.C13H8FN3O2.C12H13N3/c20-17-15(6-8-22-16(17)10-21)23-19(27)26-9-7-14-13(11-26)18(25-24-14)12-4-2-1-3-5-12;14-12-10(6-7-16-11(12)8-15)17-13(18)19-9-4-2-1-3-5-9;1-2-4-9(5-3-1)12-10-8-13-7-6-11(10)14-15-12/h1-6,8H,7,9,11H2,(H,24,25)(H,22,23,27);1-7H,(H,16,17,18);1-5,13H,6-8H2,(H,14,15). The number of halogens is 2. The van der Waals surface area contributed by atoms with Gasteiger partial charge in [-0.2, -0.15) is 20.7 Å². The number of aromatic amines is 2. The quantitative estimate of drug-likeness (QED) is 0.115. The maximum Gasteiger partial charge on any atom is 0.417 e. The van der Waals surface area contributed by atoms with Crippen LogP contribution in [0.3, 0.4) is 0 Å². The summed E-state index contributed by atoms with van der Waals surface area (Å²) < 4.78 is 32.7. The van der Waals surface area contributed by atoms with Crippen molar-refractivity contribution >= 4 is 23.5 Å². The Balaban J connectivity index is 0.000000145. The SMILES string of the molecule is N#Cc1nccc(NC(=O)N2CCc3[nH]nc(-c4ccccc4)c3C2)c1F.N#Cc1nccc(NC(=O)Oc2ccccc2)c1F.c1ccc(-c2n[nH]c3c2CNCC3)cc1. The summed E-state index contributed by atoms with van der Waals surface area (Å²) in [4.78, 5) is 32.9. The fourth-order valence-corrected chi connectivity index (χ4v) is 6.52. The number of carbonyl (C=O) groups excluding carboxylic acids is 2. The number of nitrogens with one attached hydrogen (secondary N) is 5. The van der Waals surface area contributed by atoms with Crippen LogP contribution >= 0.6 is 0 Å². The van der Waals surface area contributed by atoms with Crippen LogP contribution in [0.1, 0.15) is 33.9 Å². The second-order valence-corrected chi connectivity index (χ2v) is 13.4. The highest BCUT2D eigenvalue weighted by Crippen LogP contribution is 2.29. The zero-order valence-electron chi connectivity index (χ0n) is 32.3. The minimum atomic E-state index is -0.894. The number of urea groups is 1. The summed E-state index contributed by atoms with van der Waals surface area (Å²) in [6, 6.07) is 33.8. The van der Waals surface area contributed by atoms with E-state index in [2.05, 4.69) is 58.4 Å². The molecule has 0 bridgehead atoms. The summed E-state index contributed by atoms with van der Waals surface area (Å²) in [7, 11) is 0. The fourth-order valence-electron chi connectivity index (χ4n) is 6.52. The van der Waals surface area contributed by atoms with E-state index in [9.17, 15) is 18.4 Å². The summed E-state index contributed by atoms with van der Waals surface area (Å²) in [6.07, 6.45) is 3.34. The molecule has 0 radical (unpaired) electrons. The molecule has 17 heteroatoms. The third-order valence-corrected chi connectivity index (χ3v) is 9.54. The molecular formula is C44H36F2N12O3. The molecule has 0 aliphatic carbocycles. The lowest BCUT2D eigenvalue weighted by molar-refractivity contribution is 0.206. The van der Waals surface area contributed by atoms with Crippen LogP contribution in [0.5, 0.6) is 5.75 Å². The van der Waals surface area contributed by atoms with Gasteiger partial charge in [-0.05, 0) is 24.3 Å². The molecule has 304 valence electrons. The van der Waals surface area contributed by atoms with E-state index < -0.39 is 29.5 Å². The Morgan fingerprint density at radius 3 is 1.79 bits per heavy atom. The Morgan fingerprint density at radius 1 is 0.689 bits per heavy atom. The van der Waals surface area contributed by atoms with Crippen molar-refractivity contribution in [2.45, 2.75) is 25.9 Å². The predicted octanol–water partition coefficient (Wildman–Crippen LogP) is 7.50. The van der Waals surface area contributed by atoms with Crippen LogP contribution in [-0.4, -0.2) is 60.5 Å². The predicted molar refractivity (Wildman–Crippen MR) is 220 cm³/mol. The number of nitriles is 2. The number of benzene rings is 3. The average Bonchev–Trinajstić information content (AvgIpc) is 3.94. The lowest BCUT2D eigenvalue weighted by atomic mass is 10.0. The summed E-state index contributed by atoms with van der Waals surface area (Å²) in [5.74, 6) is -1.40. The number of para-hydroxylation sites is 1. The van der Waals surface area contributed by atoms with E-state index in [1.807, 2.05) is 48.5 Å². The van der Waals surface area contributed by atoms with Crippen LogP contribution in [0.2, 0.25) is 0 Å². The minimum Gasteiger partial charge on any atom is -0.410 e. The number of hydrogen-bond donors (Lipinski definition) is 5. The Hall–Kier alpha value is -8.28. The van der Waals surface area contributed by atoms with E-state index in [-0.39, 0.29) is 17.1 Å². The molecule has 3 aromatic carbocycles. The topological polar surface area (TPSA) is 213 Å². The van der Waals surface area contributed by atoms with E-state index in [0.29, 0.717) is 25.3 Å². The van der Waals surface area contributed by atoms with Crippen molar-refractivity contribution in [1.29, 1.82) is 10.5 Å². The first-order valence-electron chi connectivity index (χ1n) is 19.0. The Labute approximate surface area is 348 Å². The second-order valence-electron chi connectivity index (χ2n) is 13.4. The zero-order valence-corrected chi connectivity index (χ0v) is 32.3. The highest BCUT2D eigenvalue weighted by Gasteiger charge is 2.26. The van der Waals surface area contributed by atoms with Gasteiger partial charge in [0.05, 0.1) is 29.3 Å². The van der Waals surface area contributed by atoms with Gasteiger partial charge < -0.3 is 20.3 Å². The number of amides is 3. The number of nitrogens with zero attached hydrogens (tertiary/aromatic N) is 7. The van der Waals surface area contributed by atoms with E-state index in [1.54, 1.807) is 47.4 Å². The largest absolute Gasteiger partial charge is 0.417 e. The zero-order chi connectivity index (χ0) is 42.6. The lowest BCUT2D eigenvalue weighted by Gasteiger charge is -2.27. The van der Waals surface area contributed by atoms with E-state index >= 15 is 0 Å². The number of rotatable bonds is 5. The van der Waals surface area contributed by atoms with Crippen LogP contribution in [0, 0.1) is 34.3 Å². The molecule has 15 nitrogen and oxygen atoms in total. The molecule has 0 fully saturated rings. The molecule has 0 spiro atoms. The van der Waals surface area contributed by atoms with Crippen LogP contribution in [-0.2, 0) is 25.9 Å². The van der Waals surface area contributed by atoms with Crippen LogP contribution < -0.4 is 20.7 Å². The van der Waals surface area contributed by atoms with E-state index in [4.69, 9.17) is 15.3 Å². The van der Waals surface area contributed by atoms with Gasteiger partial charge in [0.15, 0.2) is 23.0 Å². The number of hydrogen-bond acceptors (Lipinski definition) is 10. The molecule has 2 aliphatic heterocycles. The summed E-state index contributed by atoms with van der Waals surface area (Å²) >= 11 is 0. The highest BCUT2D eigenvalue weighted by atomic mass is 19.1. The first kappa shape index (κ1) is 40.9. The molecule has 4 aromatic heterocycles. The smallest absolute Gasteiger partial charge is 0.410 e. The van der Waals surface area contributed by atoms with Crippen molar-refractivity contribution < 1.29 is 23.1 Å². The molecule has 5 N–H and O–H groups in total. The molecule has 3 amide bonds. The molecule has 0 atom stereocenters. The van der Waals surface area contributed by atoms with Crippen LogP contribution in [0.4, 0.5) is 29.7 Å². The van der Waals surface area contributed by atoms with Gasteiger partial charge in [-0.3, -0.25) is 15.5 Å². The molecule has 9 rings (SSSR count). The molecule has 6 heterocycles. The third-order valence-electron chi connectivity index (χ3n) is 9.54. The molecule has 7 aromatic rings. The number of carbonyl (C=O) groups is 2. The first-order chi connectivity index (χ1) is 29.8. The third kappa shape index (κ3) is 9.89. The van der Waals surface area contributed by atoms with Gasteiger partial charge in [-0.15, -0.1) is 0 Å².